The normalized spacial score (nSPS) is 15.8. The lowest BCUT2D eigenvalue weighted by atomic mass is 10.4. The van der Waals surface area contributed by atoms with Crippen LogP contribution in [0.15, 0.2) is 5.38 Å². The first-order valence-corrected chi connectivity index (χ1v) is 6.51. The smallest absolute Gasteiger partial charge is 0.119 e. The molecule has 4 heteroatoms. The third-order valence-corrected chi connectivity index (χ3v) is 3.19. The monoisotopic (exact) mass is 226 g/mol. The molecule has 1 aromatic rings. The number of thiazole rings is 1. The van der Waals surface area contributed by atoms with Crippen LogP contribution in [-0.4, -0.2) is 17.6 Å². The molecule has 1 N–H and O–H groups in total. The lowest BCUT2D eigenvalue weighted by Gasteiger charge is -1.99. The fourth-order valence-electron chi connectivity index (χ4n) is 1.34. The minimum atomic E-state index is 0.669. The second-order valence-corrected chi connectivity index (χ2v) is 4.88. The van der Waals surface area contributed by atoms with E-state index in [1.165, 1.54) is 12.8 Å². The summed E-state index contributed by atoms with van der Waals surface area (Å²) in [4.78, 5) is 4.51. The van der Waals surface area contributed by atoms with Crippen LogP contribution in [0.5, 0.6) is 0 Å². The van der Waals surface area contributed by atoms with E-state index >= 15 is 0 Å². The predicted octanol–water partition coefficient (Wildman–Crippen LogP) is 2.32. The second-order valence-electron chi connectivity index (χ2n) is 3.94. The van der Waals surface area contributed by atoms with E-state index in [0.717, 1.165) is 36.3 Å². The lowest BCUT2D eigenvalue weighted by Crippen LogP contribution is -2.15. The highest BCUT2D eigenvalue weighted by atomic mass is 32.1. The van der Waals surface area contributed by atoms with Gasteiger partial charge in [0.2, 0.25) is 0 Å². The molecule has 0 spiro atoms. The van der Waals surface area contributed by atoms with E-state index in [0.29, 0.717) is 6.61 Å². The van der Waals surface area contributed by atoms with Gasteiger partial charge in [-0.3, -0.25) is 0 Å². The molecule has 15 heavy (non-hydrogen) atoms. The van der Waals surface area contributed by atoms with E-state index in [1.807, 2.05) is 0 Å². The van der Waals surface area contributed by atoms with E-state index in [-0.39, 0.29) is 0 Å². The Balaban J connectivity index is 1.70. The van der Waals surface area contributed by atoms with E-state index in [2.05, 4.69) is 22.6 Å². The molecule has 1 heterocycles. The SMILES string of the molecule is CCCOCc1nc(CNC2CC2)cs1. The topological polar surface area (TPSA) is 34.1 Å². The average molecular weight is 226 g/mol. The van der Waals surface area contributed by atoms with Gasteiger partial charge in [-0.05, 0) is 19.3 Å². The second kappa shape index (κ2) is 5.58. The largest absolute Gasteiger partial charge is 0.374 e. The third kappa shape index (κ3) is 3.89. The zero-order valence-corrected chi connectivity index (χ0v) is 9.98. The number of hydrogen-bond acceptors (Lipinski definition) is 4. The summed E-state index contributed by atoms with van der Waals surface area (Å²) >= 11 is 1.70. The number of nitrogens with zero attached hydrogens (tertiary/aromatic N) is 1. The molecule has 0 atom stereocenters. The molecule has 1 aromatic heterocycles. The Labute approximate surface area is 94.9 Å². The van der Waals surface area contributed by atoms with Gasteiger partial charge in [0.1, 0.15) is 5.01 Å². The molecule has 1 aliphatic rings. The third-order valence-electron chi connectivity index (χ3n) is 2.32. The number of aromatic nitrogens is 1. The van der Waals surface area contributed by atoms with Crippen molar-refractivity contribution in [2.24, 2.45) is 0 Å². The molecule has 1 fully saturated rings. The van der Waals surface area contributed by atoms with Crippen LogP contribution in [0.3, 0.4) is 0 Å². The first-order chi connectivity index (χ1) is 7.38. The molecule has 0 aliphatic heterocycles. The van der Waals surface area contributed by atoms with Gasteiger partial charge in [-0.1, -0.05) is 6.92 Å². The molecule has 3 nitrogen and oxygen atoms in total. The summed E-state index contributed by atoms with van der Waals surface area (Å²) in [5.41, 5.74) is 1.15. The molecule has 2 rings (SSSR count). The van der Waals surface area contributed by atoms with Gasteiger partial charge in [0.15, 0.2) is 0 Å². The molecule has 1 aliphatic carbocycles. The number of rotatable bonds is 7. The fourth-order valence-corrected chi connectivity index (χ4v) is 2.07. The molecule has 0 bridgehead atoms. The van der Waals surface area contributed by atoms with E-state index in [9.17, 15) is 0 Å². The minimum Gasteiger partial charge on any atom is -0.374 e. The quantitative estimate of drug-likeness (QED) is 0.725. The number of ether oxygens (including phenoxy) is 1. The Morgan fingerprint density at radius 2 is 2.47 bits per heavy atom. The molecule has 0 unspecified atom stereocenters. The van der Waals surface area contributed by atoms with Gasteiger partial charge < -0.3 is 10.1 Å². The molecule has 1 saturated carbocycles. The maximum Gasteiger partial charge on any atom is 0.119 e. The van der Waals surface area contributed by atoms with E-state index < -0.39 is 0 Å². The summed E-state index contributed by atoms with van der Waals surface area (Å²) in [6.07, 6.45) is 3.73. The van der Waals surface area contributed by atoms with Gasteiger partial charge in [-0.15, -0.1) is 11.3 Å². The molecule has 0 aromatic carbocycles. The average Bonchev–Trinajstić information content (AvgIpc) is 2.97. The summed E-state index contributed by atoms with van der Waals surface area (Å²) < 4.78 is 5.45. The number of nitrogens with one attached hydrogen (secondary N) is 1. The van der Waals surface area contributed by atoms with Gasteiger partial charge in [-0.2, -0.15) is 0 Å². The zero-order chi connectivity index (χ0) is 10.5. The highest BCUT2D eigenvalue weighted by Crippen LogP contribution is 2.19. The summed E-state index contributed by atoms with van der Waals surface area (Å²) in [5, 5.41) is 6.68. The van der Waals surface area contributed by atoms with Gasteiger partial charge in [-0.25, -0.2) is 4.98 Å². The molecule has 0 amide bonds. The Bertz CT molecular complexity index is 297. The van der Waals surface area contributed by atoms with E-state index in [4.69, 9.17) is 4.74 Å². The van der Waals surface area contributed by atoms with Gasteiger partial charge in [0, 0.05) is 24.6 Å². The van der Waals surface area contributed by atoms with Crippen LogP contribution in [0, 0.1) is 0 Å². The number of hydrogen-bond donors (Lipinski definition) is 1. The van der Waals surface area contributed by atoms with Crippen molar-refractivity contribution < 1.29 is 4.74 Å². The highest BCUT2D eigenvalue weighted by molar-refractivity contribution is 7.09. The Kier molecular flexibility index (Phi) is 4.11. The Morgan fingerprint density at radius 3 is 3.20 bits per heavy atom. The van der Waals surface area contributed by atoms with Crippen molar-refractivity contribution in [2.75, 3.05) is 6.61 Å². The molecular weight excluding hydrogens is 208 g/mol. The van der Waals surface area contributed by atoms with Crippen molar-refractivity contribution in [1.29, 1.82) is 0 Å². The van der Waals surface area contributed by atoms with Crippen molar-refractivity contribution in [3.05, 3.63) is 16.1 Å². The molecular formula is C11H18N2OS. The zero-order valence-electron chi connectivity index (χ0n) is 9.16. The van der Waals surface area contributed by atoms with Crippen LogP contribution in [0.25, 0.3) is 0 Å². The van der Waals surface area contributed by atoms with Crippen LogP contribution in [0.1, 0.15) is 36.9 Å². The van der Waals surface area contributed by atoms with Crippen molar-refractivity contribution in [3.8, 4) is 0 Å². The molecule has 0 radical (unpaired) electrons. The maximum absolute atomic E-state index is 5.45. The van der Waals surface area contributed by atoms with Crippen LogP contribution < -0.4 is 5.32 Å². The van der Waals surface area contributed by atoms with Crippen molar-refractivity contribution in [2.45, 2.75) is 45.4 Å². The van der Waals surface area contributed by atoms with Crippen LogP contribution >= 0.6 is 11.3 Å². The van der Waals surface area contributed by atoms with Gasteiger partial charge >= 0.3 is 0 Å². The van der Waals surface area contributed by atoms with Crippen molar-refractivity contribution in [3.63, 3.8) is 0 Å². The van der Waals surface area contributed by atoms with Crippen LogP contribution in [0.4, 0.5) is 0 Å². The van der Waals surface area contributed by atoms with Crippen LogP contribution in [-0.2, 0) is 17.9 Å². The van der Waals surface area contributed by atoms with Crippen molar-refractivity contribution in [1.82, 2.24) is 10.3 Å². The molecule has 0 saturated heterocycles. The van der Waals surface area contributed by atoms with Crippen LogP contribution in [0.2, 0.25) is 0 Å². The van der Waals surface area contributed by atoms with Crippen molar-refractivity contribution >= 4 is 11.3 Å². The van der Waals surface area contributed by atoms with Gasteiger partial charge in [0.05, 0.1) is 12.3 Å². The highest BCUT2D eigenvalue weighted by Gasteiger charge is 2.20. The summed E-state index contributed by atoms with van der Waals surface area (Å²) in [7, 11) is 0. The maximum atomic E-state index is 5.45. The first kappa shape index (κ1) is 11.0. The first-order valence-electron chi connectivity index (χ1n) is 5.63. The summed E-state index contributed by atoms with van der Waals surface area (Å²) in [6, 6.07) is 0.756. The Hall–Kier alpha value is -0.450. The Morgan fingerprint density at radius 1 is 1.60 bits per heavy atom. The predicted molar refractivity (Wildman–Crippen MR) is 61.9 cm³/mol. The fraction of sp³-hybridized carbons (Fsp3) is 0.727. The summed E-state index contributed by atoms with van der Waals surface area (Å²) in [5.74, 6) is 0. The molecule has 84 valence electrons. The van der Waals surface area contributed by atoms with Gasteiger partial charge in [0.25, 0.3) is 0 Å². The standard InChI is InChI=1S/C11H18N2OS/c1-2-5-14-7-11-13-10(8-15-11)6-12-9-3-4-9/h8-9,12H,2-7H2,1H3. The van der Waals surface area contributed by atoms with E-state index in [1.54, 1.807) is 11.3 Å². The minimum absolute atomic E-state index is 0.669. The summed E-state index contributed by atoms with van der Waals surface area (Å²) in [6.45, 7) is 4.53. The lowest BCUT2D eigenvalue weighted by molar-refractivity contribution is 0.121.